The van der Waals surface area contributed by atoms with Crippen molar-refractivity contribution in [3.8, 4) is 0 Å². The number of amides is 1. The highest BCUT2D eigenvalue weighted by atomic mass is 16.4. The van der Waals surface area contributed by atoms with Gasteiger partial charge in [0.15, 0.2) is 0 Å². The Bertz CT molecular complexity index is 347. The second kappa shape index (κ2) is 6.70. The van der Waals surface area contributed by atoms with E-state index in [0.717, 1.165) is 12.8 Å². The van der Waals surface area contributed by atoms with Crippen LogP contribution in [0.4, 0.5) is 0 Å². The van der Waals surface area contributed by atoms with E-state index in [1.807, 2.05) is 6.92 Å². The number of carbonyl (C=O) groups excluding carboxylic acids is 1. The Morgan fingerprint density at radius 2 is 1.95 bits per heavy atom. The van der Waals surface area contributed by atoms with Crippen molar-refractivity contribution in [3.63, 3.8) is 0 Å². The lowest BCUT2D eigenvalue weighted by atomic mass is 10.1. The third-order valence-electron chi connectivity index (χ3n) is 3.86. The topological polar surface area (TPSA) is 69.6 Å². The molecule has 2 N–H and O–H groups in total. The highest BCUT2D eigenvalue weighted by Gasteiger charge is 2.35. The summed E-state index contributed by atoms with van der Waals surface area (Å²) in [5.41, 5.74) is 0. The maximum Gasteiger partial charge on any atom is 0.326 e. The molecule has 1 aliphatic heterocycles. The van der Waals surface area contributed by atoms with E-state index in [-0.39, 0.29) is 18.4 Å². The maximum absolute atomic E-state index is 12.2. The van der Waals surface area contributed by atoms with Crippen LogP contribution in [0.1, 0.15) is 40.0 Å². The fraction of sp³-hybridized carbons (Fsp3) is 0.714. The van der Waals surface area contributed by atoms with Crippen molar-refractivity contribution in [1.29, 1.82) is 0 Å². The second-order valence-electron chi connectivity index (χ2n) is 5.32. The van der Waals surface area contributed by atoms with Crippen LogP contribution < -0.4 is 5.32 Å². The number of carboxylic acids is 1. The Morgan fingerprint density at radius 3 is 2.37 bits per heavy atom. The first-order valence-electron chi connectivity index (χ1n) is 6.80. The van der Waals surface area contributed by atoms with Gasteiger partial charge in [-0.15, -0.1) is 6.58 Å². The molecular weight excluding hydrogens is 244 g/mol. The van der Waals surface area contributed by atoms with E-state index in [1.165, 1.54) is 6.08 Å². The van der Waals surface area contributed by atoms with Crippen LogP contribution in [0, 0.1) is 0 Å². The fourth-order valence-electron chi connectivity index (χ4n) is 2.79. The molecule has 108 valence electrons. The average Bonchev–Trinajstić information content (AvgIpc) is 2.67. The maximum atomic E-state index is 12.2. The number of rotatable bonds is 6. The van der Waals surface area contributed by atoms with Crippen molar-refractivity contribution in [2.45, 2.75) is 64.2 Å². The number of carbonyl (C=O) groups is 2. The number of hydrogen-bond acceptors (Lipinski definition) is 3. The summed E-state index contributed by atoms with van der Waals surface area (Å²) in [5.74, 6) is -1.25. The van der Waals surface area contributed by atoms with Gasteiger partial charge >= 0.3 is 5.97 Å². The first kappa shape index (κ1) is 15.7. The van der Waals surface area contributed by atoms with E-state index >= 15 is 0 Å². The number of nitrogens with zero attached hydrogens (tertiary/aromatic N) is 1. The van der Waals surface area contributed by atoms with Crippen molar-refractivity contribution in [3.05, 3.63) is 12.7 Å². The van der Waals surface area contributed by atoms with Crippen molar-refractivity contribution >= 4 is 11.9 Å². The summed E-state index contributed by atoms with van der Waals surface area (Å²) in [6, 6.07) is -0.475. The minimum absolute atomic E-state index is 0.227. The standard InChI is InChI=1S/C14H24N2O3/c1-5-6-12(14(18)19)15-13(17)11(4)16-9(2)7-8-10(16)3/h5,9-12H,1,6-8H2,2-4H3,(H,15,17)(H,18,19). The van der Waals surface area contributed by atoms with Gasteiger partial charge in [-0.1, -0.05) is 6.08 Å². The van der Waals surface area contributed by atoms with Crippen LogP contribution in [0.5, 0.6) is 0 Å². The molecule has 0 aliphatic carbocycles. The number of hydrogen-bond donors (Lipinski definition) is 2. The number of carboxylic acid groups (broad SMARTS) is 1. The largest absolute Gasteiger partial charge is 0.480 e. The van der Waals surface area contributed by atoms with Gasteiger partial charge in [0, 0.05) is 12.1 Å². The Morgan fingerprint density at radius 1 is 1.42 bits per heavy atom. The van der Waals surface area contributed by atoms with Crippen molar-refractivity contribution in [1.82, 2.24) is 10.2 Å². The Balaban J connectivity index is 2.65. The smallest absolute Gasteiger partial charge is 0.326 e. The molecule has 0 aromatic carbocycles. The summed E-state index contributed by atoms with van der Waals surface area (Å²) in [6.07, 6.45) is 3.89. The summed E-state index contributed by atoms with van der Waals surface area (Å²) in [5, 5.41) is 11.6. The highest BCUT2D eigenvalue weighted by Crippen LogP contribution is 2.25. The van der Waals surface area contributed by atoms with Gasteiger partial charge in [-0.2, -0.15) is 0 Å². The zero-order valence-electron chi connectivity index (χ0n) is 11.9. The molecule has 1 rings (SSSR count). The zero-order chi connectivity index (χ0) is 14.6. The van der Waals surface area contributed by atoms with Crippen molar-refractivity contribution in [2.75, 3.05) is 0 Å². The lowest BCUT2D eigenvalue weighted by Crippen LogP contribution is -2.52. The molecule has 1 fully saturated rings. The molecule has 5 heteroatoms. The van der Waals surface area contributed by atoms with Gasteiger partial charge in [-0.05, 0) is 40.0 Å². The Kier molecular flexibility index (Phi) is 5.54. The van der Waals surface area contributed by atoms with Crippen molar-refractivity contribution < 1.29 is 14.7 Å². The van der Waals surface area contributed by atoms with E-state index in [2.05, 4.69) is 30.6 Å². The van der Waals surface area contributed by atoms with Gasteiger partial charge in [-0.25, -0.2) is 4.79 Å². The predicted octanol–water partition coefficient (Wildman–Crippen LogP) is 1.39. The molecule has 5 nitrogen and oxygen atoms in total. The Hall–Kier alpha value is -1.36. The SMILES string of the molecule is C=CCC(NC(=O)C(C)N1C(C)CCC1C)C(=O)O. The van der Waals surface area contributed by atoms with Crippen LogP contribution in [-0.4, -0.2) is 46.1 Å². The first-order valence-corrected chi connectivity index (χ1v) is 6.80. The highest BCUT2D eigenvalue weighted by molar-refractivity contribution is 5.86. The average molecular weight is 268 g/mol. The molecule has 0 radical (unpaired) electrons. The molecule has 0 aromatic heterocycles. The van der Waals surface area contributed by atoms with E-state index in [0.29, 0.717) is 12.1 Å². The lowest BCUT2D eigenvalue weighted by molar-refractivity contribution is -0.142. The normalized spacial score (nSPS) is 26.7. The minimum Gasteiger partial charge on any atom is -0.480 e. The summed E-state index contributed by atoms with van der Waals surface area (Å²) >= 11 is 0. The fourth-order valence-corrected chi connectivity index (χ4v) is 2.79. The summed E-state index contributed by atoms with van der Waals surface area (Å²) in [6.45, 7) is 9.55. The molecule has 1 heterocycles. The predicted molar refractivity (Wildman–Crippen MR) is 73.8 cm³/mol. The summed E-state index contributed by atoms with van der Waals surface area (Å²) < 4.78 is 0. The third kappa shape index (κ3) is 3.80. The molecule has 1 aliphatic rings. The molecule has 4 atom stereocenters. The molecule has 0 bridgehead atoms. The van der Waals surface area contributed by atoms with Crippen LogP contribution in [0.3, 0.4) is 0 Å². The second-order valence-corrected chi connectivity index (χ2v) is 5.32. The van der Waals surface area contributed by atoms with Gasteiger partial charge in [0.25, 0.3) is 0 Å². The van der Waals surface area contributed by atoms with E-state index in [4.69, 9.17) is 5.11 Å². The van der Waals surface area contributed by atoms with E-state index < -0.39 is 12.0 Å². The quantitative estimate of drug-likeness (QED) is 0.714. The number of likely N-dealkylation sites (tertiary alicyclic amines) is 1. The number of aliphatic carboxylic acids is 1. The summed E-state index contributed by atoms with van der Waals surface area (Å²) in [7, 11) is 0. The monoisotopic (exact) mass is 268 g/mol. The van der Waals surface area contributed by atoms with Gasteiger partial charge in [-0.3, -0.25) is 9.69 Å². The minimum atomic E-state index is -1.03. The van der Waals surface area contributed by atoms with Gasteiger partial charge < -0.3 is 10.4 Å². The molecule has 1 saturated heterocycles. The Labute approximate surface area is 114 Å². The van der Waals surface area contributed by atoms with Gasteiger partial charge in [0.1, 0.15) is 6.04 Å². The summed E-state index contributed by atoms with van der Waals surface area (Å²) in [4.78, 5) is 25.3. The van der Waals surface area contributed by atoms with Crippen LogP contribution >= 0.6 is 0 Å². The molecule has 4 unspecified atom stereocenters. The van der Waals surface area contributed by atoms with Crippen LogP contribution in [-0.2, 0) is 9.59 Å². The lowest BCUT2D eigenvalue weighted by Gasteiger charge is -2.32. The van der Waals surface area contributed by atoms with Crippen LogP contribution in [0.15, 0.2) is 12.7 Å². The molecular formula is C14H24N2O3. The number of nitrogens with one attached hydrogen (secondary N) is 1. The van der Waals surface area contributed by atoms with Crippen molar-refractivity contribution in [2.24, 2.45) is 0 Å². The third-order valence-corrected chi connectivity index (χ3v) is 3.86. The molecule has 1 amide bonds. The van der Waals surface area contributed by atoms with Crippen LogP contribution in [0.2, 0.25) is 0 Å². The molecule has 0 saturated carbocycles. The van der Waals surface area contributed by atoms with Gasteiger partial charge in [0.2, 0.25) is 5.91 Å². The van der Waals surface area contributed by atoms with E-state index in [1.54, 1.807) is 0 Å². The molecule has 0 spiro atoms. The molecule has 19 heavy (non-hydrogen) atoms. The van der Waals surface area contributed by atoms with Crippen LogP contribution in [0.25, 0.3) is 0 Å². The first-order chi connectivity index (χ1) is 8.88. The van der Waals surface area contributed by atoms with E-state index in [9.17, 15) is 9.59 Å². The molecule has 0 aromatic rings. The zero-order valence-corrected chi connectivity index (χ0v) is 11.9. The van der Waals surface area contributed by atoms with Gasteiger partial charge in [0.05, 0.1) is 6.04 Å².